The molecule has 3 rings (SSSR count). The third-order valence-electron chi connectivity index (χ3n) is 4.45. The summed E-state index contributed by atoms with van der Waals surface area (Å²) in [5.41, 5.74) is 0.380. The Balaban J connectivity index is 1.80. The Morgan fingerprint density at radius 3 is 2.55 bits per heavy atom. The summed E-state index contributed by atoms with van der Waals surface area (Å²) in [5.74, 6) is 0.241. The van der Waals surface area contributed by atoms with Gasteiger partial charge in [0.25, 0.3) is 5.91 Å². The first kappa shape index (κ1) is 21.8. The van der Waals surface area contributed by atoms with Gasteiger partial charge in [0.05, 0.1) is 6.61 Å². The van der Waals surface area contributed by atoms with E-state index >= 15 is 0 Å². The van der Waals surface area contributed by atoms with Crippen LogP contribution in [0.5, 0.6) is 11.5 Å². The second kappa shape index (κ2) is 9.75. The molecule has 1 aromatic heterocycles. The zero-order chi connectivity index (χ0) is 22.4. The molecule has 0 aliphatic rings. The van der Waals surface area contributed by atoms with Gasteiger partial charge in [-0.3, -0.25) is 9.59 Å². The SMILES string of the molecule is CCOc1cc(/C=C/C(=O)c2cc3ccccc3oc2=O)ccc1OCC(=O)N(C)C. The molecule has 0 atom stereocenters. The van der Waals surface area contributed by atoms with E-state index < -0.39 is 11.4 Å². The topological polar surface area (TPSA) is 86.0 Å². The van der Waals surface area contributed by atoms with Crippen molar-refractivity contribution in [1.29, 1.82) is 0 Å². The Kier molecular flexibility index (Phi) is 6.87. The fraction of sp³-hybridized carbons (Fsp3) is 0.208. The highest BCUT2D eigenvalue weighted by Crippen LogP contribution is 2.29. The van der Waals surface area contributed by atoms with Crippen LogP contribution >= 0.6 is 0 Å². The van der Waals surface area contributed by atoms with Gasteiger partial charge < -0.3 is 18.8 Å². The summed E-state index contributed by atoms with van der Waals surface area (Å²) in [5, 5.41) is 0.672. The van der Waals surface area contributed by atoms with E-state index in [1.54, 1.807) is 62.6 Å². The van der Waals surface area contributed by atoms with Crippen LogP contribution in [0.25, 0.3) is 17.0 Å². The molecule has 31 heavy (non-hydrogen) atoms. The van der Waals surface area contributed by atoms with E-state index in [-0.39, 0.29) is 18.1 Å². The minimum absolute atomic E-state index is 0.0397. The summed E-state index contributed by atoms with van der Waals surface area (Å²) in [6.07, 6.45) is 2.89. The fourth-order valence-corrected chi connectivity index (χ4v) is 2.78. The molecule has 0 saturated heterocycles. The molecule has 0 saturated carbocycles. The van der Waals surface area contributed by atoms with Gasteiger partial charge in [-0.15, -0.1) is 0 Å². The van der Waals surface area contributed by atoms with Crippen molar-refractivity contribution < 1.29 is 23.5 Å². The van der Waals surface area contributed by atoms with Gasteiger partial charge in [0.2, 0.25) is 0 Å². The average molecular weight is 421 g/mol. The molecule has 0 aliphatic heterocycles. The van der Waals surface area contributed by atoms with Gasteiger partial charge in [-0.25, -0.2) is 4.79 Å². The van der Waals surface area contributed by atoms with Crippen molar-refractivity contribution in [2.24, 2.45) is 0 Å². The highest BCUT2D eigenvalue weighted by molar-refractivity contribution is 6.07. The summed E-state index contributed by atoms with van der Waals surface area (Å²) in [7, 11) is 3.30. The van der Waals surface area contributed by atoms with Crippen LogP contribution in [0.3, 0.4) is 0 Å². The Hall–Kier alpha value is -3.87. The fourth-order valence-electron chi connectivity index (χ4n) is 2.78. The number of hydrogen-bond donors (Lipinski definition) is 0. The van der Waals surface area contributed by atoms with Crippen LogP contribution in [0.15, 0.2) is 63.8 Å². The number of amides is 1. The van der Waals surface area contributed by atoms with Crippen LogP contribution < -0.4 is 15.1 Å². The molecule has 0 radical (unpaired) electrons. The Morgan fingerprint density at radius 2 is 1.81 bits per heavy atom. The van der Waals surface area contributed by atoms with Gasteiger partial charge >= 0.3 is 5.63 Å². The maximum Gasteiger partial charge on any atom is 0.347 e. The maximum absolute atomic E-state index is 12.6. The Labute approximate surface area is 179 Å². The Morgan fingerprint density at radius 1 is 1.03 bits per heavy atom. The lowest BCUT2D eigenvalue weighted by molar-refractivity contribution is -0.130. The molecule has 0 bridgehead atoms. The number of ketones is 1. The summed E-state index contributed by atoms with van der Waals surface area (Å²) in [4.78, 5) is 37.9. The van der Waals surface area contributed by atoms with Gasteiger partial charge in [0.1, 0.15) is 11.1 Å². The molecule has 0 unspecified atom stereocenters. The van der Waals surface area contributed by atoms with E-state index in [1.807, 2.05) is 6.92 Å². The molecule has 7 nitrogen and oxygen atoms in total. The van der Waals surface area contributed by atoms with Crippen LogP contribution in [0.4, 0.5) is 0 Å². The third-order valence-corrected chi connectivity index (χ3v) is 4.45. The molecule has 0 fully saturated rings. The van der Waals surface area contributed by atoms with Crippen LogP contribution in [-0.2, 0) is 4.79 Å². The van der Waals surface area contributed by atoms with Gasteiger partial charge in [-0.2, -0.15) is 0 Å². The summed E-state index contributed by atoms with van der Waals surface area (Å²) in [6.45, 7) is 2.13. The lowest BCUT2D eigenvalue weighted by Gasteiger charge is -2.14. The number of carbonyl (C=O) groups excluding carboxylic acids is 2. The number of benzene rings is 2. The highest BCUT2D eigenvalue weighted by atomic mass is 16.5. The standard InChI is InChI=1S/C24H23NO6/c1-4-29-22-13-16(10-12-21(22)30-15-23(27)25(2)3)9-11-19(26)18-14-17-7-5-6-8-20(17)31-24(18)28/h5-14H,4,15H2,1-3H3/b11-9+. The lowest BCUT2D eigenvalue weighted by Crippen LogP contribution is -2.27. The van der Waals surface area contributed by atoms with Crippen LogP contribution in [0.2, 0.25) is 0 Å². The van der Waals surface area contributed by atoms with Crippen molar-refractivity contribution in [3.8, 4) is 11.5 Å². The molecule has 0 aliphatic carbocycles. The van der Waals surface area contributed by atoms with E-state index in [1.165, 1.54) is 17.0 Å². The molecular formula is C24H23NO6. The second-order valence-corrected chi connectivity index (χ2v) is 6.90. The first-order chi connectivity index (χ1) is 14.9. The second-order valence-electron chi connectivity index (χ2n) is 6.90. The van der Waals surface area contributed by atoms with Crippen LogP contribution in [-0.4, -0.2) is 43.9 Å². The molecule has 160 valence electrons. The van der Waals surface area contributed by atoms with Crippen molar-refractivity contribution in [2.45, 2.75) is 6.92 Å². The number of hydrogen-bond acceptors (Lipinski definition) is 6. The number of carbonyl (C=O) groups is 2. The normalized spacial score (nSPS) is 10.9. The van der Waals surface area contributed by atoms with E-state index in [2.05, 4.69) is 0 Å². The van der Waals surface area contributed by atoms with Gasteiger partial charge in [0, 0.05) is 19.5 Å². The first-order valence-corrected chi connectivity index (χ1v) is 9.74. The lowest BCUT2D eigenvalue weighted by atomic mass is 10.1. The quantitative estimate of drug-likeness (QED) is 0.314. The molecule has 0 spiro atoms. The largest absolute Gasteiger partial charge is 0.490 e. The maximum atomic E-state index is 12.6. The third kappa shape index (κ3) is 5.39. The molecule has 7 heteroatoms. The number of para-hydroxylation sites is 1. The zero-order valence-electron chi connectivity index (χ0n) is 17.6. The van der Waals surface area contributed by atoms with Crippen molar-refractivity contribution in [2.75, 3.05) is 27.3 Å². The van der Waals surface area contributed by atoms with Gasteiger partial charge in [-0.05, 0) is 42.8 Å². The molecule has 1 amide bonds. The van der Waals surface area contributed by atoms with Gasteiger partial charge in [-0.1, -0.05) is 30.3 Å². The number of fused-ring (bicyclic) bond motifs is 1. The smallest absolute Gasteiger partial charge is 0.347 e. The van der Waals surface area contributed by atoms with Crippen molar-refractivity contribution in [3.05, 3.63) is 76.2 Å². The summed E-state index contributed by atoms with van der Waals surface area (Å²) >= 11 is 0. The molecule has 1 heterocycles. The van der Waals surface area contributed by atoms with Crippen molar-refractivity contribution in [1.82, 2.24) is 4.90 Å². The number of nitrogens with zero attached hydrogens (tertiary/aromatic N) is 1. The molecular weight excluding hydrogens is 398 g/mol. The minimum atomic E-state index is -0.683. The monoisotopic (exact) mass is 421 g/mol. The summed E-state index contributed by atoms with van der Waals surface area (Å²) < 4.78 is 16.4. The number of ether oxygens (including phenoxy) is 2. The van der Waals surface area contributed by atoms with E-state index in [0.717, 1.165) is 0 Å². The van der Waals surface area contributed by atoms with E-state index in [4.69, 9.17) is 13.9 Å². The number of allylic oxidation sites excluding steroid dienone is 1. The highest BCUT2D eigenvalue weighted by Gasteiger charge is 2.12. The van der Waals surface area contributed by atoms with Crippen molar-refractivity contribution >= 4 is 28.7 Å². The molecule has 3 aromatic rings. The van der Waals surface area contributed by atoms with E-state index in [0.29, 0.717) is 34.6 Å². The van der Waals surface area contributed by atoms with Crippen LogP contribution in [0, 0.1) is 0 Å². The predicted octanol–water partition coefficient (Wildman–Crippen LogP) is 3.55. The summed E-state index contributed by atoms with van der Waals surface area (Å²) in [6, 6.07) is 13.6. The molecule has 2 aromatic carbocycles. The van der Waals surface area contributed by atoms with E-state index in [9.17, 15) is 14.4 Å². The van der Waals surface area contributed by atoms with Gasteiger partial charge in [0.15, 0.2) is 23.9 Å². The molecule has 0 N–H and O–H groups in total. The van der Waals surface area contributed by atoms with Crippen LogP contribution in [0.1, 0.15) is 22.8 Å². The Bertz CT molecular complexity index is 1190. The predicted molar refractivity (Wildman–Crippen MR) is 118 cm³/mol. The first-order valence-electron chi connectivity index (χ1n) is 9.74. The minimum Gasteiger partial charge on any atom is -0.490 e. The van der Waals surface area contributed by atoms with Crippen molar-refractivity contribution in [3.63, 3.8) is 0 Å². The number of likely N-dealkylation sites (N-methyl/N-ethyl adjacent to an activating group) is 1. The zero-order valence-corrected chi connectivity index (χ0v) is 17.6. The number of rotatable bonds is 8. The average Bonchev–Trinajstić information content (AvgIpc) is 2.76.